The number of nitrogens with one attached hydrogen (secondary N) is 2. The lowest BCUT2D eigenvalue weighted by Gasteiger charge is -2.34. The van der Waals surface area contributed by atoms with E-state index in [1.165, 1.54) is 0 Å². The molecular weight excluding hydrogens is 220 g/mol. The Kier molecular flexibility index (Phi) is 3.27. The van der Waals surface area contributed by atoms with Gasteiger partial charge in [-0.1, -0.05) is 18.2 Å². The van der Waals surface area contributed by atoms with Crippen LogP contribution in [0.15, 0.2) is 30.3 Å². The Labute approximate surface area is 99.2 Å². The molecule has 0 radical (unpaired) electrons. The molecule has 0 saturated carbocycles. The van der Waals surface area contributed by atoms with E-state index in [0.29, 0.717) is 5.75 Å². The molecule has 2 atom stereocenters. The van der Waals surface area contributed by atoms with Gasteiger partial charge in [0.2, 0.25) is 5.91 Å². The minimum atomic E-state index is -0.429. The SMILES string of the molecule is C[C@H]1NC(=O)[C@@H]1NC(=O)COc1ccccc1. The molecule has 2 amide bonds. The van der Waals surface area contributed by atoms with E-state index in [2.05, 4.69) is 10.6 Å². The van der Waals surface area contributed by atoms with Crippen LogP contribution < -0.4 is 15.4 Å². The molecule has 0 aromatic heterocycles. The van der Waals surface area contributed by atoms with Gasteiger partial charge < -0.3 is 15.4 Å². The maximum atomic E-state index is 11.5. The minimum absolute atomic E-state index is 0.0109. The van der Waals surface area contributed by atoms with Gasteiger partial charge in [-0.15, -0.1) is 0 Å². The van der Waals surface area contributed by atoms with Crippen molar-refractivity contribution in [3.05, 3.63) is 30.3 Å². The fourth-order valence-corrected chi connectivity index (χ4v) is 1.60. The standard InChI is InChI=1S/C12H14N2O3/c1-8-11(12(16)13-8)14-10(15)7-17-9-5-3-2-4-6-9/h2-6,8,11H,7H2,1H3,(H,13,16)(H,14,15)/t8-,11-/m1/s1. The fraction of sp³-hybridized carbons (Fsp3) is 0.333. The second-order valence-corrected chi connectivity index (χ2v) is 3.94. The summed E-state index contributed by atoms with van der Waals surface area (Å²) in [7, 11) is 0. The van der Waals surface area contributed by atoms with Crippen LogP contribution in [-0.4, -0.2) is 30.5 Å². The van der Waals surface area contributed by atoms with Crippen molar-refractivity contribution >= 4 is 11.8 Å². The summed E-state index contributed by atoms with van der Waals surface area (Å²) in [6.45, 7) is 1.75. The molecule has 1 saturated heterocycles. The van der Waals surface area contributed by atoms with E-state index in [9.17, 15) is 9.59 Å². The van der Waals surface area contributed by atoms with Crippen molar-refractivity contribution in [3.8, 4) is 5.75 Å². The molecule has 0 bridgehead atoms. The van der Waals surface area contributed by atoms with Crippen LogP contribution in [0.4, 0.5) is 0 Å². The van der Waals surface area contributed by atoms with Gasteiger partial charge in [0.05, 0.1) is 6.04 Å². The maximum Gasteiger partial charge on any atom is 0.258 e. The number of ether oxygens (including phenoxy) is 1. The van der Waals surface area contributed by atoms with Crippen molar-refractivity contribution < 1.29 is 14.3 Å². The second kappa shape index (κ2) is 4.86. The van der Waals surface area contributed by atoms with E-state index in [4.69, 9.17) is 4.74 Å². The van der Waals surface area contributed by atoms with E-state index >= 15 is 0 Å². The molecule has 0 aliphatic carbocycles. The summed E-state index contributed by atoms with van der Waals surface area (Å²) in [5.74, 6) is 0.194. The zero-order chi connectivity index (χ0) is 12.3. The largest absolute Gasteiger partial charge is 0.484 e. The van der Waals surface area contributed by atoms with Gasteiger partial charge in [0, 0.05) is 0 Å². The molecule has 1 aliphatic rings. The molecular formula is C12H14N2O3. The Morgan fingerprint density at radius 2 is 2.12 bits per heavy atom. The summed E-state index contributed by atoms with van der Waals surface area (Å²) in [5, 5.41) is 5.25. The Hall–Kier alpha value is -2.04. The first-order valence-electron chi connectivity index (χ1n) is 5.44. The summed E-state index contributed by atoms with van der Waals surface area (Å²) < 4.78 is 5.26. The zero-order valence-electron chi connectivity index (χ0n) is 9.47. The van der Waals surface area contributed by atoms with Crippen LogP contribution in [0.1, 0.15) is 6.92 Å². The summed E-state index contributed by atoms with van der Waals surface area (Å²) in [5.41, 5.74) is 0. The average Bonchev–Trinajstić information content (AvgIpc) is 2.35. The van der Waals surface area contributed by atoms with Crippen molar-refractivity contribution in [2.24, 2.45) is 0 Å². The van der Waals surface area contributed by atoms with Crippen LogP contribution >= 0.6 is 0 Å². The van der Waals surface area contributed by atoms with Gasteiger partial charge in [-0.2, -0.15) is 0 Å². The highest BCUT2D eigenvalue weighted by atomic mass is 16.5. The quantitative estimate of drug-likeness (QED) is 0.724. The topological polar surface area (TPSA) is 67.4 Å². The molecule has 1 aliphatic heterocycles. The van der Waals surface area contributed by atoms with Crippen LogP contribution in [0.5, 0.6) is 5.75 Å². The third-order valence-corrected chi connectivity index (χ3v) is 2.58. The molecule has 2 rings (SSSR count). The maximum absolute atomic E-state index is 11.5. The van der Waals surface area contributed by atoms with Gasteiger partial charge in [-0.3, -0.25) is 9.59 Å². The highest BCUT2D eigenvalue weighted by molar-refractivity contribution is 5.93. The van der Waals surface area contributed by atoms with Crippen LogP contribution in [0.3, 0.4) is 0 Å². The van der Waals surface area contributed by atoms with Gasteiger partial charge in [0.1, 0.15) is 11.8 Å². The summed E-state index contributed by atoms with van der Waals surface area (Å²) >= 11 is 0. The van der Waals surface area contributed by atoms with Crippen molar-refractivity contribution in [2.75, 3.05) is 6.61 Å². The van der Waals surface area contributed by atoms with E-state index in [0.717, 1.165) is 0 Å². The number of benzene rings is 1. The van der Waals surface area contributed by atoms with Gasteiger partial charge >= 0.3 is 0 Å². The number of rotatable bonds is 4. The van der Waals surface area contributed by atoms with Crippen LogP contribution in [-0.2, 0) is 9.59 Å². The third-order valence-electron chi connectivity index (χ3n) is 2.58. The second-order valence-electron chi connectivity index (χ2n) is 3.94. The monoisotopic (exact) mass is 234 g/mol. The number of hydrogen-bond donors (Lipinski definition) is 2. The zero-order valence-corrected chi connectivity index (χ0v) is 9.47. The summed E-state index contributed by atoms with van der Waals surface area (Å²) in [6, 6.07) is 8.62. The fourth-order valence-electron chi connectivity index (χ4n) is 1.60. The highest BCUT2D eigenvalue weighted by Gasteiger charge is 2.36. The Bertz CT molecular complexity index is 419. The van der Waals surface area contributed by atoms with Crippen LogP contribution in [0.2, 0.25) is 0 Å². The Morgan fingerprint density at radius 1 is 1.41 bits per heavy atom. The predicted molar refractivity (Wildman–Crippen MR) is 61.5 cm³/mol. The number of amides is 2. The lowest BCUT2D eigenvalue weighted by Crippen LogP contribution is -2.68. The van der Waals surface area contributed by atoms with E-state index in [1.807, 2.05) is 25.1 Å². The predicted octanol–water partition coefficient (Wildman–Crippen LogP) is 0.0685. The Morgan fingerprint density at radius 3 is 2.71 bits per heavy atom. The van der Waals surface area contributed by atoms with Crippen molar-refractivity contribution in [1.29, 1.82) is 0 Å². The molecule has 1 heterocycles. The van der Waals surface area contributed by atoms with Gasteiger partial charge in [0.15, 0.2) is 6.61 Å². The first-order valence-corrected chi connectivity index (χ1v) is 5.44. The number of para-hydroxylation sites is 1. The summed E-state index contributed by atoms with van der Waals surface area (Å²) in [4.78, 5) is 22.6. The normalized spacial score (nSPS) is 22.3. The molecule has 5 nitrogen and oxygen atoms in total. The smallest absolute Gasteiger partial charge is 0.258 e. The number of carbonyl (C=O) groups is 2. The van der Waals surface area contributed by atoms with E-state index in [1.54, 1.807) is 12.1 Å². The summed E-state index contributed by atoms with van der Waals surface area (Å²) in [6.07, 6.45) is 0. The Balaban J connectivity index is 1.76. The molecule has 90 valence electrons. The van der Waals surface area contributed by atoms with Gasteiger partial charge in [0.25, 0.3) is 5.91 Å². The van der Waals surface area contributed by atoms with Gasteiger partial charge in [-0.25, -0.2) is 0 Å². The minimum Gasteiger partial charge on any atom is -0.484 e. The number of carbonyl (C=O) groups excluding carboxylic acids is 2. The van der Waals surface area contributed by atoms with Gasteiger partial charge in [-0.05, 0) is 19.1 Å². The van der Waals surface area contributed by atoms with Crippen molar-refractivity contribution in [2.45, 2.75) is 19.0 Å². The molecule has 17 heavy (non-hydrogen) atoms. The average molecular weight is 234 g/mol. The van der Waals surface area contributed by atoms with E-state index in [-0.39, 0.29) is 24.5 Å². The third kappa shape index (κ3) is 2.75. The molecule has 0 spiro atoms. The van der Waals surface area contributed by atoms with Crippen LogP contribution in [0.25, 0.3) is 0 Å². The first kappa shape index (κ1) is 11.4. The number of hydrogen-bond acceptors (Lipinski definition) is 3. The van der Waals surface area contributed by atoms with Crippen LogP contribution in [0, 0.1) is 0 Å². The first-order chi connectivity index (χ1) is 8.16. The highest BCUT2D eigenvalue weighted by Crippen LogP contribution is 2.08. The van der Waals surface area contributed by atoms with Crippen molar-refractivity contribution in [1.82, 2.24) is 10.6 Å². The molecule has 2 N–H and O–H groups in total. The number of β-lactam (4-membered cyclic amide) rings is 1. The lowest BCUT2D eigenvalue weighted by atomic mass is 10.0. The molecule has 1 aromatic carbocycles. The molecule has 0 unspecified atom stereocenters. The van der Waals surface area contributed by atoms with E-state index < -0.39 is 6.04 Å². The lowest BCUT2D eigenvalue weighted by molar-refractivity contribution is -0.136. The molecule has 1 fully saturated rings. The molecule has 5 heteroatoms. The van der Waals surface area contributed by atoms with Crippen molar-refractivity contribution in [3.63, 3.8) is 0 Å². The molecule has 1 aromatic rings.